The van der Waals surface area contributed by atoms with Crippen molar-refractivity contribution in [3.63, 3.8) is 0 Å². The molecule has 17 heavy (non-hydrogen) atoms. The topological polar surface area (TPSA) is 40.9 Å². The minimum atomic E-state index is -0.582. The lowest BCUT2D eigenvalue weighted by Gasteiger charge is -2.17. The molecular formula is C15H17NO. The molecule has 0 amide bonds. The molecule has 1 aromatic carbocycles. The number of nitriles is 1. The quantitative estimate of drug-likeness (QED) is 0.795. The molecule has 0 radical (unpaired) electrons. The molecule has 88 valence electrons. The fourth-order valence-electron chi connectivity index (χ4n) is 2.73. The van der Waals surface area contributed by atoms with E-state index < -0.39 is 5.92 Å². The second-order valence-corrected chi connectivity index (χ2v) is 4.89. The van der Waals surface area contributed by atoms with Gasteiger partial charge in [0.15, 0.2) is 5.78 Å². The Kier molecular flexibility index (Phi) is 3.58. The van der Waals surface area contributed by atoms with Crippen LogP contribution in [0.1, 0.15) is 37.7 Å². The van der Waals surface area contributed by atoms with Crippen molar-refractivity contribution >= 4 is 5.78 Å². The second-order valence-electron chi connectivity index (χ2n) is 4.89. The maximum Gasteiger partial charge on any atom is 0.157 e. The summed E-state index contributed by atoms with van der Waals surface area (Å²) < 4.78 is 0. The van der Waals surface area contributed by atoms with Crippen molar-refractivity contribution in [3.8, 4) is 6.07 Å². The zero-order valence-corrected chi connectivity index (χ0v) is 10.1. The highest BCUT2D eigenvalue weighted by molar-refractivity contribution is 5.90. The molecule has 1 aliphatic rings. The first-order valence-electron chi connectivity index (χ1n) is 6.22. The number of nitrogens with zero attached hydrogens (tertiary/aromatic N) is 1. The fourth-order valence-corrected chi connectivity index (χ4v) is 2.73. The average Bonchev–Trinajstić information content (AvgIpc) is 2.77. The molecule has 0 aliphatic heterocycles. The van der Waals surface area contributed by atoms with Gasteiger partial charge in [-0.05, 0) is 24.3 Å². The van der Waals surface area contributed by atoms with Crippen LogP contribution in [0.5, 0.6) is 0 Å². The van der Waals surface area contributed by atoms with Gasteiger partial charge < -0.3 is 0 Å². The van der Waals surface area contributed by atoms with E-state index in [1.54, 1.807) is 0 Å². The van der Waals surface area contributed by atoms with Crippen LogP contribution in [0.3, 0.4) is 0 Å². The van der Waals surface area contributed by atoms with Crippen molar-refractivity contribution < 1.29 is 4.79 Å². The van der Waals surface area contributed by atoms with Crippen LogP contribution in [-0.2, 0) is 4.79 Å². The summed E-state index contributed by atoms with van der Waals surface area (Å²) in [6, 6.07) is 11.6. The van der Waals surface area contributed by atoms with E-state index in [9.17, 15) is 10.1 Å². The highest BCUT2D eigenvalue weighted by Gasteiger charge is 2.34. The third-order valence-electron chi connectivity index (χ3n) is 3.77. The molecule has 0 bridgehead atoms. The van der Waals surface area contributed by atoms with Gasteiger partial charge >= 0.3 is 0 Å². The number of hydrogen-bond acceptors (Lipinski definition) is 2. The Morgan fingerprint density at radius 3 is 2.59 bits per heavy atom. The van der Waals surface area contributed by atoms with Gasteiger partial charge in [0.2, 0.25) is 0 Å². The average molecular weight is 227 g/mol. The standard InChI is InChI=1S/C15H17NO/c1-11-6-5-9-13(11)15(17)14(10-16)12-7-3-2-4-8-12/h2-4,7-8,11,13-14H,5-6,9H2,1H3. The SMILES string of the molecule is CC1CCCC1C(=O)C(C#N)c1ccccc1. The molecule has 3 unspecified atom stereocenters. The van der Waals surface area contributed by atoms with E-state index in [0.717, 1.165) is 24.8 Å². The Morgan fingerprint density at radius 1 is 1.35 bits per heavy atom. The molecule has 1 fully saturated rings. The van der Waals surface area contributed by atoms with E-state index in [-0.39, 0.29) is 11.7 Å². The van der Waals surface area contributed by atoms with Gasteiger partial charge in [-0.3, -0.25) is 4.79 Å². The van der Waals surface area contributed by atoms with Gasteiger partial charge in [0, 0.05) is 5.92 Å². The molecule has 0 N–H and O–H groups in total. The van der Waals surface area contributed by atoms with Crippen LogP contribution in [0.4, 0.5) is 0 Å². The van der Waals surface area contributed by atoms with E-state index in [0.29, 0.717) is 5.92 Å². The van der Waals surface area contributed by atoms with Crippen LogP contribution in [0.2, 0.25) is 0 Å². The van der Waals surface area contributed by atoms with Crippen molar-refractivity contribution in [2.24, 2.45) is 11.8 Å². The lowest BCUT2D eigenvalue weighted by atomic mass is 9.83. The summed E-state index contributed by atoms with van der Waals surface area (Å²) in [6.45, 7) is 2.12. The lowest BCUT2D eigenvalue weighted by Crippen LogP contribution is -2.23. The highest BCUT2D eigenvalue weighted by Crippen LogP contribution is 2.35. The van der Waals surface area contributed by atoms with Crippen LogP contribution >= 0.6 is 0 Å². The molecule has 0 heterocycles. The molecule has 0 aromatic heterocycles. The van der Waals surface area contributed by atoms with Gasteiger partial charge in [-0.25, -0.2) is 0 Å². The number of hydrogen-bond donors (Lipinski definition) is 0. The maximum atomic E-state index is 12.4. The minimum absolute atomic E-state index is 0.0832. The highest BCUT2D eigenvalue weighted by atomic mass is 16.1. The first-order chi connectivity index (χ1) is 8.24. The van der Waals surface area contributed by atoms with Gasteiger partial charge in [0.05, 0.1) is 6.07 Å². The first-order valence-corrected chi connectivity index (χ1v) is 6.22. The second kappa shape index (κ2) is 5.14. The number of ketones is 1. The molecule has 0 spiro atoms. The summed E-state index contributed by atoms with van der Waals surface area (Å²) in [5.41, 5.74) is 0.833. The van der Waals surface area contributed by atoms with Crippen LogP contribution in [0, 0.1) is 23.2 Å². The summed E-state index contributed by atoms with van der Waals surface area (Å²) in [5, 5.41) is 9.23. The van der Waals surface area contributed by atoms with Gasteiger partial charge in [-0.2, -0.15) is 5.26 Å². The van der Waals surface area contributed by atoms with Gasteiger partial charge in [-0.15, -0.1) is 0 Å². The molecule has 0 saturated heterocycles. The monoisotopic (exact) mass is 227 g/mol. The fraction of sp³-hybridized carbons (Fsp3) is 0.467. The zero-order valence-electron chi connectivity index (χ0n) is 10.1. The Labute approximate surface area is 102 Å². The van der Waals surface area contributed by atoms with Crippen LogP contribution < -0.4 is 0 Å². The molecule has 2 rings (SSSR count). The summed E-state index contributed by atoms with van der Waals surface area (Å²) in [5.74, 6) is 0.0485. The minimum Gasteiger partial charge on any atom is -0.298 e. The lowest BCUT2D eigenvalue weighted by molar-refractivity contribution is -0.124. The molecule has 2 heteroatoms. The third-order valence-corrected chi connectivity index (χ3v) is 3.77. The van der Waals surface area contributed by atoms with Gasteiger partial charge in [0.25, 0.3) is 0 Å². The van der Waals surface area contributed by atoms with Gasteiger partial charge in [0.1, 0.15) is 5.92 Å². The van der Waals surface area contributed by atoms with E-state index >= 15 is 0 Å². The van der Waals surface area contributed by atoms with Crippen molar-refractivity contribution in [1.82, 2.24) is 0 Å². The molecule has 1 aliphatic carbocycles. The largest absolute Gasteiger partial charge is 0.298 e. The molecule has 1 saturated carbocycles. The molecular weight excluding hydrogens is 210 g/mol. The predicted molar refractivity (Wildman–Crippen MR) is 66.3 cm³/mol. The number of rotatable bonds is 3. The predicted octanol–water partition coefficient (Wildman–Crippen LogP) is 3.30. The van der Waals surface area contributed by atoms with E-state index in [1.165, 1.54) is 0 Å². The number of benzene rings is 1. The molecule has 1 aromatic rings. The number of carbonyl (C=O) groups excluding carboxylic acids is 1. The number of carbonyl (C=O) groups is 1. The van der Waals surface area contributed by atoms with E-state index in [2.05, 4.69) is 13.0 Å². The van der Waals surface area contributed by atoms with Crippen LogP contribution in [-0.4, -0.2) is 5.78 Å². The van der Waals surface area contributed by atoms with Crippen LogP contribution in [0.25, 0.3) is 0 Å². The normalized spacial score (nSPS) is 25.2. The van der Waals surface area contributed by atoms with E-state index in [4.69, 9.17) is 0 Å². The Hall–Kier alpha value is -1.62. The Morgan fingerprint density at radius 2 is 2.06 bits per heavy atom. The van der Waals surface area contributed by atoms with E-state index in [1.807, 2.05) is 30.3 Å². The summed E-state index contributed by atoms with van der Waals surface area (Å²) in [6.07, 6.45) is 3.18. The summed E-state index contributed by atoms with van der Waals surface area (Å²) in [4.78, 5) is 12.4. The van der Waals surface area contributed by atoms with Crippen molar-refractivity contribution in [3.05, 3.63) is 35.9 Å². The summed E-state index contributed by atoms with van der Waals surface area (Å²) >= 11 is 0. The maximum absolute atomic E-state index is 12.4. The molecule has 3 atom stereocenters. The number of Topliss-reactive ketones (excluding diaryl/α,β-unsaturated/α-hetero) is 1. The zero-order chi connectivity index (χ0) is 12.3. The van der Waals surface area contributed by atoms with Crippen molar-refractivity contribution in [2.45, 2.75) is 32.1 Å². The molecule has 2 nitrogen and oxygen atoms in total. The van der Waals surface area contributed by atoms with Gasteiger partial charge in [-0.1, -0.05) is 43.7 Å². The first kappa shape index (κ1) is 11.9. The summed E-state index contributed by atoms with van der Waals surface area (Å²) in [7, 11) is 0. The Bertz CT molecular complexity index is 432. The third kappa shape index (κ3) is 2.39. The van der Waals surface area contributed by atoms with Crippen molar-refractivity contribution in [1.29, 1.82) is 5.26 Å². The van der Waals surface area contributed by atoms with Crippen molar-refractivity contribution in [2.75, 3.05) is 0 Å². The Balaban J connectivity index is 2.20. The van der Waals surface area contributed by atoms with Crippen LogP contribution in [0.15, 0.2) is 30.3 Å². The smallest absolute Gasteiger partial charge is 0.157 e.